The van der Waals surface area contributed by atoms with Crippen LogP contribution in [0.25, 0.3) is 0 Å². The van der Waals surface area contributed by atoms with Crippen molar-refractivity contribution in [1.29, 1.82) is 0 Å². The predicted molar refractivity (Wildman–Crippen MR) is 108 cm³/mol. The third-order valence-corrected chi connectivity index (χ3v) is 6.04. The van der Waals surface area contributed by atoms with Crippen molar-refractivity contribution >= 4 is 29.3 Å². The van der Waals surface area contributed by atoms with E-state index < -0.39 is 0 Å². The van der Waals surface area contributed by atoms with E-state index in [0.29, 0.717) is 12.3 Å². The average Bonchev–Trinajstić information content (AvgIpc) is 3.16. The molecule has 6 nitrogen and oxygen atoms in total. The Morgan fingerprint density at radius 1 is 1.18 bits per heavy atom. The van der Waals surface area contributed by atoms with Gasteiger partial charge in [0.05, 0.1) is 11.4 Å². The molecular formula is C21H22N2O4S. The molecule has 0 spiro atoms. The summed E-state index contributed by atoms with van der Waals surface area (Å²) < 4.78 is 10.8. The van der Waals surface area contributed by atoms with Gasteiger partial charge < -0.3 is 19.7 Å². The zero-order valence-electron chi connectivity index (χ0n) is 15.9. The molecule has 0 atom stereocenters. The number of hydrogen-bond acceptors (Lipinski definition) is 5. The van der Waals surface area contributed by atoms with Crippen molar-refractivity contribution in [3.05, 3.63) is 48.0 Å². The van der Waals surface area contributed by atoms with Crippen molar-refractivity contribution < 1.29 is 19.1 Å². The minimum atomic E-state index is -0.295. The maximum atomic E-state index is 12.6. The second-order valence-electron chi connectivity index (χ2n) is 7.46. The molecule has 2 aromatic carbocycles. The Hall–Kier alpha value is -2.67. The number of hydrogen-bond donors (Lipinski definition) is 1. The van der Waals surface area contributed by atoms with Gasteiger partial charge in [-0.15, -0.1) is 11.8 Å². The van der Waals surface area contributed by atoms with Crippen LogP contribution in [0.5, 0.6) is 11.5 Å². The van der Waals surface area contributed by atoms with Gasteiger partial charge in [-0.2, -0.15) is 0 Å². The van der Waals surface area contributed by atoms with Crippen LogP contribution in [-0.4, -0.2) is 37.4 Å². The summed E-state index contributed by atoms with van der Waals surface area (Å²) in [6, 6.07) is 13.5. The monoisotopic (exact) mass is 398 g/mol. The van der Waals surface area contributed by atoms with Crippen molar-refractivity contribution in [3.63, 3.8) is 0 Å². The zero-order chi connectivity index (χ0) is 19.7. The van der Waals surface area contributed by atoms with E-state index in [1.807, 2.05) is 42.5 Å². The van der Waals surface area contributed by atoms with Crippen LogP contribution in [0.2, 0.25) is 0 Å². The molecule has 2 aromatic rings. The van der Waals surface area contributed by atoms with Gasteiger partial charge in [-0.1, -0.05) is 32.0 Å². The lowest BCUT2D eigenvalue weighted by atomic mass is 9.84. The molecule has 2 aliphatic rings. The largest absolute Gasteiger partial charge is 0.454 e. The number of nitrogens with one attached hydrogen (secondary N) is 1. The Morgan fingerprint density at radius 3 is 2.82 bits per heavy atom. The Balaban J connectivity index is 1.41. The Bertz CT molecular complexity index is 928. The van der Waals surface area contributed by atoms with Gasteiger partial charge in [0.25, 0.3) is 0 Å². The van der Waals surface area contributed by atoms with Crippen LogP contribution in [0.3, 0.4) is 0 Å². The highest BCUT2D eigenvalue weighted by Gasteiger charge is 2.28. The first kappa shape index (κ1) is 18.7. The standard InChI is InChI=1S/C21H22N2O4S/c1-21(2,14-7-8-16-17(9-14)27-13-26-16)12-22-19(24)10-23-15-5-3-4-6-18(15)28-11-20(23)25/h3-9H,10-13H2,1-2H3,(H,22,24). The number of amides is 2. The number of benzene rings is 2. The lowest BCUT2D eigenvalue weighted by Crippen LogP contribution is -2.45. The van der Waals surface area contributed by atoms with Crippen LogP contribution >= 0.6 is 11.8 Å². The first-order valence-corrected chi connectivity index (χ1v) is 10.1. The van der Waals surface area contributed by atoms with Crippen molar-refractivity contribution in [3.8, 4) is 11.5 Å². The molecular weight excluding hydrogens is 376 g/mol. The number of anilines is 1. The van der Waals surface area contributed by atoms with Gasteiger partial charge in [0.15, 0.2) is 11.5 Å². The molecule has 2 heterocycles. The maximum Gasteiger partial charge on any atom is 0.240 e. The maximum absolute atomic E-state index is 12.6. The molecule has 28 heavy (non-hydrogen) atoms. The second kappa shape index (κ2) is 7.39. The van der Waals surface area contributed by atoms with Crippen LogP contribution < -0.4 is 19.7 Å². The third kappa shape index (κ3) is 3.67. The van der Waals surface area contributed by atoms with Gasteiger partial charge in [0, 0.05) is 16.9 Å². The summed E-state index contributed by atoms with van der Waals surface area (Å²) in [4.78, 5) is 27.5. The number of rotatable bonds is 5. The first-order chi connectivity index (χ1) is 13.4. The molecule has 2 aliphatic heterocycles. The average molecular weight is 398 g/mol. The molecule has 0 fully saturated rings. The normalized spacial score (nSPS) is 15.4. The van der Waals surface area contributed by atoms with E-state index in [1.165, 1.54) is 11.8 Å². The highest BCUT2D eigenvalue weighted by molar-refractivity contribution is 8.00. The van der Waals surface area contributed by atoms with E-state index in [1.54, 1.807) is 4.90 Å². The van der Waals surface area contributed by atoms with Gasteiger partial charge in [0.2, 0.25) is 18.6 Å². The van der Waals surface area contributed by atoms with Gasteiger partial charge in [-0.05, 0) is 29.8 Å². The van der Waals surface area contributed by atoms with Crippen LogP contribution in [0.15, 0.2) is 47.4 Å². The summed E-state index contributed by atoms with van der Waals surface area (Å²) in [6.45, 7) is 4.82. The lowest BCUT2D eigenvalue weighted by Gasteiger charge is -2.30. The van der Waals surface area contributed by atoms with Crippen LogP contribution in [0, 0.1) is 0 Å². The number of fused-ring (bicyclic) bond motifs is 2. The molecule has 146 valence electrons. The van der Waals surface area contributed by atoms with Gasteiger partial charge in [-0.25, -0.2) is 0 Å². The zero-order valence-corrected chi connectivity index (χ0v) is 16.7. The SMILES string of the molecule is CC(C)(CNC(=O)CN1C(=O)CSc2ccccc21)c1ccc2c(c1)OCO2. The van der Waals surface area contributed by atoms with Crippen LogP contribution in [0.4, 0.5) is 5.69 Å². The van der Waals surface area contributed by atoms with E-state index in [-0.39, 0.29) is 30.6 Å². The molecule has 1 N–H and O–H groups in total. The van der Waals surface area contributed by atoms with Gasteiger partial charge >= 0.3 is 0 Å². The quantitative estimate of drug-likeness (QED) is 0.839. The Kier molecular flexibility index (Phi) is 4.93. The third-order valence-electron chi connectivity index (χ3n) is 4.99. The topological polar surface area (TPSA) is 67.9 Å². The molecule has 0 aliphatic carbocycles. The minimum Gasteiger partial charge on any atom is -0.454 e. The summed E-state index contributed by atoms with van der Waals surface area (Å²) in [5, 5.41) is 2.98. The van der Waals surface area contributed by atoms with Crippen molar-refractivity contribution in [2.45, 2.75) is 24.2 Å². The fraction of sp³-hybridized carbons (Fsp3) is 0.333. The van der Waals surface area contributed by atoms with E-state index in [4.69, 9.17) is 9.47 Å². The number of nitrogens with zero attached hydrogens (tertiary/aromatic N) is 1. The van der Waals surface area contributed by atoms with E-state index >= 15 is 0 Å². The molecule has 0 unspecified atom stereocenters. The van der Waals surface area contributed by atoms with E-state index in [2.05, 4.69) is 19.2 Å². The number of ether oxygens (including phenoxy) is 2. The summed E-state index contributed by atoms with van der Waals surface area (Å²) in [6.07, 6.45) is 0. The molecule has 0 radical (unpaired) electrons. The molecule has 0 bridgehead atoms. The van der Waals surface area contributed by atoms with Crippen LogP contribution in [0.1, 0.15) is 19.4 Å². The van der Waals surface area contributed by atoms with Crippen molar-refractivity contribution in [2.24, 2.45) is 0 Å². The highest BCUT2D eigenvalue weighted by Crippen LogP contribution is 2.36. The van der Waals surface area contributed by atoms with Crippen LogP contribution in [-0.2, 0) is 15.0 Å². The summed E-state index contributed by atoms with van der Waals surface area (Å²) in [5.74, 6) is 1.60. The molecule has 2 amide bonds. The first-order valence-electron chi connectivity index (χ1n) is 9.13. The number of carbonyl (C=O) groups excluding carboxylic acids is 2. The lowest BCUT2D eigenvalue weighted by molar-refractivity contribution is -0.123. The number of thioether (sulfide) groups is 1. The number of para-hydroxylation sites is 1. The fourth-order valence-corrected chi connectivity index (χ4v) is 4.20. The Morgan fingerprint density at radius 2 is 1.96 bits per heavy atom. The predicted octanol–water partition coefficient (Wildman–Crippen LogP) is 2.95. The van der Waals surface area contributed by atoms with Crippen molar-refractivity contribution in [2.75, 3.05) is 30.5 Å². The fourth-order valence-electron chi connectivity index (χ4n) is 3.27. The molecule has 4 rings (SSSR count). The highest BCUT2D eigenvalue weighted by atomic mass is 32.2. The van der Waals surface area contributed by atoms with Gasteiger partial charge in [0.1, 0.15) is 6.54 Å². The molecule has 0 aromatic heterocycles. The van der Waals surface area contributed by atoms with Gasteiger partial charge in [-0.3, -0.25) is 9.59 Å². The minimum absolute atomic E-state index is 0.0215. The van der Waals surface area contributed by atoms with Crippen molar-refractivity contribution in [1.82, 2.24) is 5.32 Å². The molecule has 0 saturated carbocycles. The molecule has 0 saturated heterocycles. The van der Waals surface area contributed by atoms with E-state index in [0.717, 1.165) is 27.6 Å². The summed E-state index contributed by atoms with van der Waals surface area (Å²) in [5.41, 5.74) is 1.55. The second-order valence-corrected chi connectivity index (χ2v) is 8.48. The van der Waals surface area contributed by atoms with E-state index in [9.17, 15) is 9.59 Å². The smallest absolute Gasteiger partial charge is 0.240 e. The summed E-state index contributed by atoms with van der Waals surface area (Å²) >= 11 is 1.51. The Labute approximate surface area is 168 Å². The molecule has 7 heteroatoms. The number of carbonyl (C=O) groups is 2. The summed E-state index contributed by atoms with van der Waals surface area (Å²) in [7, 11) is 0.